The molecule has 1 atom stereocenters. The first-order chi connectivity index (χ1) is 8.79. The van der Waals surface area contributed by atoms with Crippen molar-refractivity contribution in [1.29, 1.82) is 0 Å². The maximum Gasteiger partial charge on any atom is 0.227 e. The van der Waals surface area contributed by atoms with Crippen LogP contribution in [0.2, 0.25) is 0 Å². The minimum atomic E-state index is 0.272. The van der Waals surface area contributed by atoms with Gasteiger partial charge in [0.05, 0.1) is 0 Å². The second kappa shape index (κ2) is 6.16. The molecule has 0 aliphatic carbocycles. The Bertz CT molecular complexity index is 454. The Morgan fingerprint density at radius 2 is 2.11 bits per heavy atom. The lowest BCUT2D eigenvalue weighted by molar-refractivity contribution is 0.371. The first-order valence-electron chi connectivity index (χ1n) is 6.07. The van der Waals surface area contributed by atoms with Gasteiger partial charge in [-0.1, -0.05) is 24.2 Å². The van der Waals surface area contributed by atoms with Gasteiger partial charge in [0.25, 0.3) is 0 Å². The summed E-state index contributed by atoms with van der Waals surface area (Å²) < 4.78 is 4.94. The smallest absolute Gasteiger partial charge is 0.227 e. The highest BCUT2D eigenvalue weighted by Gasteiger charge is 2.09. The quantitative estimate of drug-likeness (QED) is 0.817. The zero-order chi connectivity index (χ0) is 12.8. The molecule has 18 heavy (non-hydrogen) atoms. The second-order valence-electron chi connectivity index (χ2n) is 4.09. The highest BCUT2D eigenvalue weighted by Crippen LogP contribution is 2.19. The molecular formula is C13H17N3O2. The van der Waals surface area contributed by atoms with Crippen molar-refractivity contribution >= 4 is 0 Å². The number of phenolic OH excluding ortho intramolecular Hbond substituents is 1. The SMILES string of the molecule is CCC(NCCc1ncno1)c1ccc(O)cc1. The molecule has 0 spiro atoms. The van der Waals surface area contributed by atoms with Crippen molar-refractivity contribution < 1.29 is 9.63 Å². The van der Waals surface area contributed by atoms with Gasteiger partial charge in [0.1, 0.15) is 5.75 Å². The predicted molar refractivity (Wildman–Crippen MR) is 67.1 cm³/mol. The van der Waals surface area contributed by atoms with Crippen molar-refractivity contribution in [2.75, 3.05) is 6.54 Å². The van der Waals surface area contributed by atoms with Crippen molar-refractivity contribution in [1.82, 2.24) is 15.5 Å². The van der Waals surface area contributed by atoms with E-state index in [1.165, 1.54) is 11.9 Å². The van der Waals surface area contributed by atoms with E-state index < -0.39 is 0 Å². The lowest BCUT2D eigenvalue weighted by Gasteiger charge is -2.16. The predicted octanol–water partition coefficient (Wildman–Crippen LogP) is 2.06. The Hall–Kier alpha value is -1.88. The van der Waals surface area contributed by atoms with Gasteiger partial charge in [0.15, 0.2) is 6.33 Å². The van der Waals surface area contributed by atoms with Crippen LogP contribution in [0.4, 0.5) is 0 Å². The van der Waals surface area contributed by atoms with E-state index in [1.54, 1.807) is 12.1 Å². The van der Waals surface area contributed by atoms with E-state index in [0.717, 1.165) is 13.0 Å². The van der Waals surface area contributed by atoms with Crippen molar-refractivity contribution in [3.05, 3.63) is 42.0 Å². The third-order valence-corrected chi connectivity index (χ3v) is 2.84. The zero-order valence-corrected chi connectivity index (χ0v) is 10.3. The van der Waals surface area contributed by atoms with E-state index in [1.807, 2.05) is 12.1 Å². The van der Waals surface area contributed by atoms with Crippen LogP contribution in [-0.2, 0) is 6.42 Å². The summed E-state index contributed by atoms with van der Waals surface area (Å²) in [6.07, 6.45) is 3.11. The molecule has 1 aromatic carbocycles. The fourth-order valence-corrected chi connectivity index (χ4v) is 1.86. The molecule has 2 rings (SSSR count). The van der Waals surface area contributed by atoms with Crippen LogP contribution < -0.4 is 5.32 Å². The number of aromatic hydroxyl groups is 1. The van der Waals surface area contributed by atoms with Gasteiger partial charge in [-0.05, 0) is 24.1 Å². The van der Waals surface area contributed by atoms with Crippen molar-refractivity contribution in [2.24, 2.45) is 0 Å². The Morgan fingerprint density at radius 3 is 2.72 bits per heavy atom. The summed E-state index contributed by atoms with van der Waals surface area (Å²) in [6, 6.07) is 7.55. The summed E-state index contributed by atoms with van der Waals surface area (Å²) >= 11 is 0. The summed E-state index contributed by atoms with van der Waals surface area (Å²) in [5.41, 5.74) is 1.17. The van der Waals surface area contributed by atoms with E-state index in [2.05, 4.69) is 22.4 Å². The van der Waals surface area contributed by atoms with Crippen LogP contribution in [0.5, 0.6) is 5.75 Å². The molecule has 0 fully saturated rings. The van der Waals surface area contributed by atoms with Crippen LogP contribution in [-0.4, -0.2) is 21.8 Å². The fraction of sp³-hybridized carbons (Fsp3) is 0.385. The number of nitrogens with one attached hydrogen (secondary N) is 1. The Morgan fingerprint density at radius 1 is 1.33 bits per heavy atom. The molecule has 1 heterocycles. The van der Waals surface area contributed by atoms with E-state index in [9.17, 15) is 5.11 Å². The molecule has 96 valence electrons. The fourth-order valence-electron chi connectivity index (χ4n) is 1.86. The first kappa shape index (κ1) is 12.6. The van der Waals surface area contributed by atoms with Crippen molar-refractivity contribution in [3.63, 3.8) is 0 Å². The molecule has 1 unspecified atom stereocenters. The van der Waals surface area contributed by atoms with Crippen LogP contribution in [0, 0.1) is 0 Å². The van der Waals surface area contributed by atoms with Crippen molar-refractivity contribution in [2.45, 2.75) is 25.8 Å². The number of hydrogen-bond acceptors (Lipinski definition) is 5. The average Bonchev–Trinajstić information content (AvgIpc) is 2.89. The highest BCUT2D eigenvalue weighted by molar-refractivity contribution is 5.27. The number of aromatic nitrogens is 2. The summed E-state index contributed by atoms with van der Waals surface area (Å²) in [7, 11) is 0. The molecule has 0 radical (unpaired) electrons. The van der Waals surface area contributed by atoms with Crippen LogP contribution in [0.1, 0.15) is 30.8 Å². The standard InChI is InChI=1S/C13H17N3O2/c1-2-12(10-3-5-11(17)6-4-10)14-8-7-13-15-9-16-18-13/h3-6,9,12,14,17H,2,7-8H2,1H3. The molecule has 2 aromatic rings. The second-order valence-corrected chi connectivity index (χ2v) is 4.09. The third kappa shape index (κ3) is 3.30. The summed E-state index contributed by atoms with van der Waals surface area (Å²) in [6.45, 7) is 2.90. The maximum atomic E-state index is 9.26. The van der Waals surface area contributed by atoms with Gasteiger partial charge in [0.2, 0.25) is 5.89 Å². The van der Waals surface area contributed by atoms with Gasteiger partial charge in [-0.3, -0.25) is 0 Å². The number of benzene rings is 1. The number of hydrogen-bond donors (Lipinski definition) is 2. The first-order valence-corrected chi connectivity index (χ1v) is 6.07. The normalized spacial score (nSPS) is 12.5. The van der Waals surface area contributed by atoms with Crippen LogP contribution >= 0.6 is 0 Å². The molecule has 0 aliphatic heterocycles. The molecule has 0 aliphatic rings. The Kier molecular flexibility index (Phi) is 4.30. The molecule has 1 aromatic heterocycles. The lowest BCUT2D eigenvalue weighted by Crippen LogP contribution is -2.23. The summed E-state index contributed by atoms with van der Waals surface area (Å²) in [5.74, 6) is 0.933. The topological polar surface area (TPSA) is 71.2 Å². The molecule has 0 bridgehead atoms. The Balaban J connectivity index is 1.87. The average molecular weight is 247 g/mol. The van der Waals surface area contributed by atoms with Gasteiger partial charge < -0.3 is 14.9 Å². The highest BCUT2D eigenvalue weighted by atomic mass is 16.5. The van der Waals surface area contributed by atoms with Gasteiger partial charge in [-0.15, -0.1) is 0 Å². The lowest BCUT2D eigenvalue weighted by atomic mass is 10.0. The molecule has 5 nitrogen and oxygen atoms in total. The molecule has 0 saturated carbocycles. The minimum Gasteiger partial charge on any atom is -0.508 e. The van der Waals surface area contributed by atoms with E-state index in [4.69, 9.17) is 4.52 Å². The molecular weight excluding hydrogens is 230 g/mol. The maximum absolute atomic E-state index is 9.26. The Labute approximate surface area is 106 Å². The molecule has 2 N–H and O–H groups in total. The molecule has 5 heteroatoms. The van der Waals surface area contributed by atoms with Gasteiger partial charge >= 0.3 is 0 Å². The van der Waals surface area contributed by atoms with Gasteiger partial charge in [-0.25, -0.2) is 0 Å². The summed E-state index contributed by atoms with van der Waals surface area (Å²) in [4.78, 5) is 3.97. The summed E-state index contributed by atoms with van der Waals surface area (Å²) in [5, 5.41) is 16.3. The van der Waals surface area contributed by atoms with Crippen LogP contribution in [0.25, 0.3) is 0 Å². The zero-order valence-electron chi connectivity index (χ0n) is 10.3. The number of rotatable bonds is 6. The van der Waals surface area contributed by atoms with E-state index in [0.29, 0.717) is 18.1 Å². The molecule has 0 amide bonds. The van der Waals surface area contributed by atoms with Gasteiger partial charge in [-0.2, -0.15) is 4.98 Å². The van der Waals surface area contributed by atoms with Crippen LogP contribution in [0.3, 0.4) is 0 Å². The molecule has 0 saturated heterocycles. The van der Waals surface area contributed by atoms with E-state index >= 15 is 0 Å². The van der Waals surface area contributed by atoms with Crippen molar-refractivity contribution in [3.8, 4) is 5.75 Å². The number of nitrogens with zero attached hydrogens (tertiary/aromatic N) is 2. The van der Waals surface area contributed by atoms with Gasteiger partial charge in [0, 0.05) is 19.0 Å². The monoisotopic (exact) mass is 247 g/mol. The van der Waals surface area contributed by atoms with Crippen LogP contribution in [0.15, 0.2) is 35.1 Å². The largest absolute Gasteiger partial charge is 0.508 e. The third-order valence-electron chi connectivity index (χ3n) is 2.84. The minimum absolute atomic E-state index is 0.272. The van der Waals surface area contributed by atoms with E-state index in [-0.39, 0.29) is 6.04 Å². The number of phenols is 1.